The van der Waals surface area contributed by atoms with Gasteiger partial charge in [-0.2, -0.15) is 0 Å². The van der Waals surface area contributed by atoms with Gasteiger partial charge in [-0.1, -0.05) is 47.7 Å². The zero-order valence-electron chi connectivity index (χ0n) is 16.4. The minimum Gasteiger partial charge on any atom is -0.444 e. The van der Waals surface area contributed by atoms with Crippen LogP contribution in [-0.2, 0) is 10.0 Å². The number of rotatable bonds is 7. The third kappa shape index (κ3) is 5.50. The average Bonchev–Trinajstić information content (AvgIpc) is 3.08. The predicted octanol–water partition coefficient (Wildman–Crippen LogP) is 4.69. The molecule has 158 valence electrons. The lowest BCUT2D eigenvalue weighted by molar-refractivity contribution is 0.496. The van der Waals surface area contributed by atoms with Gasteiger partial charge < -0.3 is 15.8 Å². The Morgan fingerprint density at radius 3 is 2.55 bits per heavy atom. The monoisotopic (exact) mass is 453 g/mol. The molecule has 4 rings (SSSR count). The van der Waals surface area contributed by atoms with Gasteiger partial charge in [0.25, 0.3) is 0 Å². The van der Waals surface area contributed by atoms with E-state index in [-0.39, 0.29) is 0 Å². The second-order valence-electron chi connectivity index (χ2n) is 6.61. The van der Waals surface area contributed by atoms with Crippen molar-refractivity contribution in [1.82, 2.24) is 9.97 Å². The zero-order chi connectivity index (χ0) is 21.8. The number of benzene rings is 2. The molecule has 0 aliphatic heterocycles. The van der Waals surface area contributed by atoms with Gasteiger partial charge in [0.2, 0.25) is 15.1 Å². The van der Waals surface area contributed by atoms with Crippen molar-refractivity contribution in [2.45, 2.75) is 0 Å². The van der Waals surface area contributed by atoms with Gasteiger partial charge in [0, 0.05) is 23.5 Å². The van der Waals surface area contributed by atoms with Crippen molar-refractivity contribution in [2.75, 3.05) is 22.0 Å². The van der Waals surface area contributed by atoms with Gasteiger partial charge in [0.1, 0.15) is 17.3 Å². The topological polar surface area (TPSA) is 119 Å². The van der Waals surface area contributed by atoms with E-state index in [9.17, 15) is 8.42 Å². The van der Waals surface area contributed by atoms with E-state index in [1.54, 1.807) is 42.6 Å². The Morgan fingerprint density at radius 1 is 1.00 bits per heavy atom. The molecule has 0 radical (unpaired) electrons. The molecule has 2 aromatic heterocycles. The number of hydrogen-bond donors (Lipinski definition) is 3. The molecule has 0 aliphatic rings. The summed E-state index contributed by atoms with van der Waals surface area (Å²) in [6.07, 6.45) is 2.72. The van der Waals surface area contributed by atoms with Gasteiger partial charge in [-0.3, -0.25) is 4.72 Å². The number of nitrogens with two attached hydrogens (primary N) is 1. The molecule has 0 saturated carbocycles. The smallest absolute Gasteiger partial charge is 0.229 e. The molecule has 0 aliphatic carbocycles. The number of nitrogens with one attached hydrogen (secondary N) is 2. The Balaban J connectivity index is 1.55. The highest BCUT2D eigenvalue weighted by atomic mass is 32.2. The highest BCUT2D eigenvalue weighted by molar-refractivity contribution is 7.92. The molecule has 0 bridgehead atoms. The van der Waals surface area contributed by atoms with E-state index in [1.807, 2.05) is 30.3 Å². The Bertz CT molecular complexity index is 1310. The first-order valence-electron chi connectivity index (χ1n) is 9.16. The van der Waals surface area contributed by atoms with Crippen LogP contribution in [-0.4, -0.2) is 24.6 Å². The maximum atomic E-state index is 11.4. The van der Waals surface area contributed by atoms with Crippen LogP contribution in [0.1, 0.15) is 0 Å². The first kappa shape index (κ1) is 20.6. The lowest BCUT2D eigenvalue weighted by atomic mass is 10.2. The van der Waals surface area contributed by atoms with Crippen molar-refractivity contribution >= 4 is 43.7 Å². The zero-order valence-corrected chi connectivity index (χ0v) is 18.1. The first-order chi connectivity index (χ1) is 14.9. The summed E-state index contributed by atoms with van der Waals surface area (Å²) in [5, 5.41) is 4.14. The normalized spacial score (nSPS) is 11.1. The first-order valence-corrected chi connectivity index (χ1v) is 11.9. The van der Waals surface area contributed by atoms with E-state index in [1.165, 1.54) is 11.3 Å². The molecule has 8 nitrogen and oxygen atoms in total. The van der Waals surface area contributed by atoms with Crippen LogP contribution in [0.15, 0.2) is 72.9 Å². The van der Waals surface area contributed by atoms with Crippen LogP contribution >= 0.6 is 11.3 Å². The van der Waals surface area contributed by atoms with E-state index in [0.717, 1.165) is 11.8 Å². The number of hydrogen-bond acceptors (Lipinski definition) is 8. The van der Waals surface area contributed by atoms with E-state index in [0.29, 0.717) is 38.8 Å². The highest BCUT2D eigenvalue weighted by Gasteiger charge is 2.14. The van der Waals surface area contributed by atoms with Crippen LogP contribution in [0.2, 0.25) is 0 Å². The Kier molecular flexibility index (Phi) is 5.74. The minimum absolute atomic E-state index is 0.413. The Hall–Kier alpha value is -3.63. The molecule has 31 heavy (non-hydrogen) atoms. The van der Waals surface area contributed by atoms with Crippen LogP contribution < -0.4 is 20.5 Å². The van der Waals surface area contributed by atoms with E-state index in [4.69, 9.17) is 10.5 Å². The molecule has 4 N–H and O–H groups in total. The molecule has 0 unspecified atom stereocenters. The van der Waals surface area contributed by atoms with Crippen molar-refractivity contribution in [3.8, 4) is 22.1 Å². The number of aromatic nitrogens is 2. The fourth-order valence-electron chi connectivity index (χ4n) is 2.84. The average molecular weight is 454 g/mol. The van der Waals surface area contributed by atoms with Gasteiger partial charge in [0.05, 0.1) is 11.9 Å². The summed E-state index contributed by atoms with van der Waals surface area (Å²) in [7, 11) is -3.36. The molecular formula is C21H19N5O3S2. The van der Waals surface area contributed by atoms with Crippen LogP contribution in [0.3, 0.4) is 0 Å². The molecule has 0 spiro atoms. The lowest BCUT2D eigenvalue weighted by Crippen LogP contribution is -2.09. The van der Waals surface area contributed by atoms with E-state index in [2.05, 4.69) is 20.0 Å². The van der Waals surface area contributed by atoms with Crippen molar-refractivity contribution in [3.05, 3.63) is 72.9 Å². The standard InChI is InChI=1S/C21H19N5O3S2/c1-31(27,28)26-16-9-5-8-15(12-16)24-18-13-17(10-11-23-18)29-20-19(25-21(22)30-20)14-6-3-2-4-7-14/h2-13,26H,1H3,(H2,22,25)(H,23,24). The molecule has 2 heterocycles. The summed E-state index contributed by atoms with van der Waals surface area (Å²) in [5.41, 5.74) is 8.62. The summed E-state index contributed by atoms with van der Waals surface area (Å²) in [4.78, 5) is 8.69. The number of pyridine rings is 1. The second kappa shape index (κ2) is 8.62. The van der Waals surface area contributed by atoms with Gasteiger partial charge >= 0.3 is 0 Å². The maximum absolute atomic E-state index is 11.4. The molecule has 4 aromatic rings. The van der Waals surface area contributed by atoms with Gasteiger partial charge in [-0.15, -0.1) is 0 Å². The quantitative estimate of drug-likeness (QED) is 0.371. The van der Waals surface area contributed by atoms with Crippen molar-refractivity contribution in [1.29, 1.82) is 0 Å². The van der Waals surface area contributed by atoms with Crippen LogP contribution in [0.25, 0.3) is 11.3 Å². The van der Waals surface area contributed by atoms with Crippen molar-refractivity contribution in [2.24, 2.45) is 0 Å². The summed E-state index contributed by atoms with van der Waals surface area (Å²) in [6.45, 7) is 0. The van der Waals surface area contributed by atoms with Crippen molar-refractivity contribution < 1.29 is 13.2 Å². The molecule has 0 fully saturated rings. The van der Waals surface area contributed by atoms with Crippen molar-refractivity contribution in [3.63, 3.8) is 0 Å². The fraction of sp³-hybridized carbons (Fsp3) is 0.0476. The fourth-order valence-corrected chi connectivity index (χ4v) is 4.12. The second-order valence-corrected chi connectivity index (χ2v) is 9.35. The largest absolute Gasteiger partial charge is 0.444 e. The van der Waals surface area contributed by atoms with Gasteiger partial charge in [-0.25, -0.2) is 18.4 Å². The molecule has 0 atom stereocenters. The molecule has 2 aromatic carbocycles. The summed E-state index contributed by atoms with van der Waals surface area (Å²) < 4.78 is 31.4. The highest BCUT2D eigenvalue weighted by Crippen LogP contribution is 2.39. The van der Waals surface area contributed by atoms with E-state index >= 15 is 0 Å². The molecular weight excluding hydrogens is 434 g/mol. The minimum atomic E-state index is -3.36. The Labute approximate surface area is 183 Å². The molecule has 0 amide bonds. The third-order valence-corrected chi connectivity index (χ3v) is 5.41. The summed E-state index contributed by atoms with van der Waals surface area (Å²) in [6, 6.07) is 20.0. The number of nitrogens with zero attached hydrogens (tertiary/aromatic N) is 2. The Morgan fingerprint density at radius 2 is 1.77 bits per heavy atom. The van der Waals surface area contributed by atoms with Crippen LogP contribution in [0.5, 0.6) is 10.8 Å². The maximum Gasteiger partial charge on any atom is 0.229 e. The van der Waals surface area contributed by atoms with Crippen LogP contribution in [0, 0.1) is 0 Å². The number of ether oxygens (including phenoxy) is 1. The molecule has 0 saturated heterocycles. The third-order valence-electron chi connectivity index (χ3n) is 4.04. The number of nitrogen functional groups attached to an aromatic ring is 1. The number of sulfonamides is 1. The SMILES string of the molecule is CS(=O)(=O)Nc1cccc(Nc2cc(Oc3sc(N)nc3-c3ccccc3)ccn2)c1. The van der Waals surface area contributed by atoms with Gasteiger partial charge in [0.15, 0.2) is 5.13 Å². The van der Waals surface area contributed by atoms with E-state index < -0.39 is 10.0 Å². The predicted molar refractivity (Wildman–Crippen MR) is 124 cm³/mol. The van der Waals surface area contributed by atoms with Gasteiger partial charge in [-0.05, 0) is 24.3 Å². The lowest BCUT2D eigenvalue weighted by Gasteiger charge is -2.10. The summed E-state index contributed by atoms with van der Waals surface area (Å²) >= 11 is 1.26. The number of thiazole rings is 1. The molecule has 10 heteroatoms. The number of anilines is 4. The van der Waals surface area contributed by atoms with Crippen LogP contribution in [0.4, 0.5) is 22.3 Å². The summed E-state index contributed by atoms with van der Waals surface area (Å²) in [5.74, 6) is 1.09.